The molecule has 1 aliphatic heterocycles. The van der Waals surface area contributed by atoms with Crippen LogP contribution in [-0.4, -0.2) is 60.5 Å². The number of likely N-dealkylation sites (N-methyl/N-ethyl adjacent to an activating group) is 1. The van der Waals surface area contributed by atoms with E-state index in [1.54, 1.807) is 11.9 Å². The first-order valence-electron chi connectivity index (χ1n) is 5.93. The third-order valence-electron chi connectivity index (χ3n) is 3.17. The minimum atomic E-state index is -0.236. The summed E-state index contributed by atoms with van der Waals surface area (Å²) in [6, 6.07) is 4.40. The van der Waals surface area contributed by atoms with Crippen molar-refractivity contribution < 1.29 is 19.4 Å². The lowest BCUT2D eigenvalue weighted by atomic mass is 10.1. The number of hydrogen-bond donors (Lipinski definition) is 1. The third-order valence-corrected chi connectivity index (χ3v) is 3.17. The zero-order valence-electron chi connectivity index (χ0n) is 10.9. The number of phenols is 1. The van der Waals surface area contributed by atoms with E-state index in [2.05, 4.69) is 0 Å². The number of ether oxygens (including phenoxy) is 1. The van der Waals surface area contributed by atoms with E-state index < -0.39 is 0 Å². The maximum atomic E-state index is 12.2. The monoisotopic (exact) mass is 264 g/mol. The quantitative estimate of drug-likeness (QED) is 0.835. The molecule has 0 bridgehead atoms. The molecule has 0 aliphatic carbocycles. The van der Waals surface area contributed by atoms with Gasteiger partial charge in [0.05, 0.1) is 7.11 Å². The highest BCUT2D eigenvalue weighted by Crippen LogP contribution is 2.26. The molecule has 0 saturated carbocycles. The van der Waals surface area contributed by atoms with Crippen LogP contribution in [0.4, 0.5) is 0 Å². The maximum absolute atomic E-state index is 12.2. The van der Waals surface area contributed by atoms with Gasteiger partial charge in [-0.15, -0.1) is 0 Å². The third kappa shape index (κ3) is 2.62. The highest BCUT2D eigenvalue weighted by Gasteiger charge is 2.25. The van der Waals surface area contributed by atoms with Gasteiger partial charge in [0, 0.05) is 25.7 Å². The summed E-state index contributed by atoms with van der Waals surface area (Å²) in [6.45, 7) is 1.11. The van der Waals surface area contributed by atoms with Crippen molar-refractivity contribution in [2.45, 2.75) is 0 Å². The van der Waals surface area contributed by atoms with Crippen LogP contribution >= 0.6 is 0 Å². The van der Waals surface area contributed by atoms with E-state index in [9.17, 15) is 14.7 Å². The van der Waals surface area contributed by atoms with Gasteiger partial charge in [-0.3, -0.25) is 9.59 Å². The Morgan fingerprint density at radius 2 is 2.11 bits per heavy atom. The normalized spacial score (nSPS) is 15.6. The van der Waals surface area contributed by atoms with Crippen LogP contribution in [-0.2, 0) is 4.79 Å². The molecule has 0 aromatic heterocycles. The van der Waals surface area contributed by atoms with Gasteiger partial charge in [-0.2, -0.15) is 0 Å². The number of amides is 2. The van der Waals surface area contributed by atoms with E-state index in [1.807, 2.05) is 0 Å². The largest absolute Gasteiger partial charge is 0.504 e. The predicted octanol–water partition coefficient (Wildman–Crippen LogP) is 0.315. The standard InChI is InChI=1S/C13H16N2O4/c1-14-5-6-15(8-12(14)17)13(18)9-3-4-10(16)11(7-9)19-2/h3-4,7,16H,5-6,8H2,1-2H3. The molecule has 0 spiro atoms. The number of carbonyl (C=O) groups is 2. The summed E-state index contributed by atoms with van der Waals surface area (Å²) >= 11 is 0. The Morgan fingerprint density at radius 1 is 1.37 bits per heavy atom. The highest BCUT2D eigenvalue weighted by atomic mass is 16.5. The lowest BCUT2D eigenvalue weighted by Gasteiger charge is -2.32. The average molecular weight is 264 g/mol. The van der Waals surface area contributed by atoms with Crippen LogP contribution < -0.4 is 4.74 Å². The van der Waals surface area contributed by atoms with Gasteiger partial charge in [-0.1, -0.05) is 0 Å². The highest BCUT2D eigenvalue weighted by molar-refractivity contribution is 5.97. The van der Waals surface area contributed by atoms with Crippen LogP contribution in [0.3, 0.4) is 0 Å². The van der Waals surface area contributed by atoms with Crippen molar-refractivity contribution in [1.29, 1.82) is 0 Å². The lowest BCUT2D eigenvalue weighted by Crippen LogP contribution is -2.50. The van der Waals surface area contributed by atoms with Crippen LogP contribution in [0.25, 0.3) is 0 Å². The zero-order valence-corrected chi connectivity index (χ0v) is 10.9. The number of carbonyl (C=O) groups excluding carboxylic acids is 2. The first-order chi connectivity index (χ1) is 9.02. The Morgan fingerprint density at radius 3 is 2.74 bits per heavy atom. The van der Waals surface area contributed by atoms with Gasteiger partial charge in [0.1, 0.15) is 6.54 Å². The molecular weight excluding hydrogens is 248 g/mol. The SMILES string of the molecule is COc1cc(C(=O)N2CCN(C)C(=O)C2)ccc1O. The van der Waals surface area contributed by atoms with Crippen LogP contribution in [0, 0.1) is 0 Å². The molecule has 6 heteroatoms. The molecule has 1 saturated heterocycles. The number of hydrogen-bond acceptors (Lipinski definition) is 4. The van der Waals surface area contributed by atoms with E-state index in [0.717, 1.165) is 0 Å². The zero-order chi connectivity index (χ0) is 14.0. The molecule has 0 radical (unpaired) electrons. The molecule has 1 heterocycles. The van der Waals surface area contributed by atoms with Crippen molar-refractivity contribution in [2.75, 3.05) is 33.8 Å². The number of methoxy groups -OCH3 is 1. The van der Waals surface area contributed by atoms with Gasteiger partial charge in [0.25, 0.3) is 5.91 Å². The Balaban J connectivity index is 2.18. The van der Waals surface area contributed by atoms with Crippen molar-refractivity contribution in [3.63, 3.8) is 0 Å². The number of nitrogens with zero attached hydrogens (tertiary/aromatic N) is 2. The summed E-state index contributed by atoms with van der Waals surface area (Å²) in [5.41, 5.74) is 0.395. The summed E-state index contributed by atoms with van der Waals surface area (Å²) in [6.07, 6.45) is 0. The Bertz CT molecular complexity index is 515. The second kappa shape index (κ2) is 5.17. The van der Waals surface area contributed by atoms with Gasteiger partial charge in [-0.05, 0) is 18.2 Å². The fourth-order valence-electron chi connectivity index (χ4n) is 1.93. The van der Waals surface area contributed by atoms with Crippen LogP contribution in [0.2, 0.25) is 0 Å². The van der Waals surface area contributed by atoms with Crippen LogP contribution in [0.15, 0.2) is 18.2 Å². The van der Waals surface area contributed by atoms with Crippen molar-refractivity contribution in [1.82, 2.24) is 9.80 Å². The van der Waals surface area contributed by atoms with Gasteiger partial charge >= 0.3 is 0 Å². The maximum Gasteiger partial charge on any atom is 0.254 e. The fourth-order valence-corrected chi connectivity index (χ4v) is 1.93. The minimum absolute atomic E-state index is 0.0199. The van der Waals surface area contributed by atoms with Gasteiger partial charge in [-0.25, -0.2) is 0 Å². The molecule has 102 valence electrons. The molecule has 1 aromatic rings. The molecule has 1 fully saturated rings. The van der Waals surface area contributed by atoms with Crippen molar-refractivity contribution in [2.24, 2.45) is 0 Å². The van der Waals surface area contributed by atoms with Gasteiger partial charge < -0.3 is 19.6 Å². The van der Waals surface area contributed by atoms with E-state index >= 15 is 0 Å². The fraction of sp³-hybridized carbons (Fsp3) is 0.385. The summed E-state index contributed by atoms with van der Waals surface area (Å²) in [5.74, 6) is -0.0927. The van der Waals surface area contributed by atoms with Gasteiger partial charge in [0.15, 0.2) is 11.5 Å². The number of phenolic OH excluding ortho intramolecular Hbond substituents is 1. The molecule has 2 rings (SSSR count). The summed E-state index contributed by atoms with van der Waals surface area (Å²) < 4.78 is 4.97. The molecule has 1 aromatic carbocycles. The van der Waals surface area contributed by atoms with Crippen molar-refractivity contribution >= 4 is 11.8 Å². The molecule has 0 atom stereocenters. The van der Waals surface area contributed by atoms with Crippen LogP contribution in [0.5, 0.6) is 11.5 Å². The molecule has 6 nitrogen and oxygen atoms in total. The second-order valence-corrected chi connectivity index (χ2v) is 4.43. The smallest absolute Gasteiger partial charge is 0.254 e. The molecule has 1 N–H and O–H groups in total. The van der Waals surface area contributed by atoms with E-state index in [0.29, 0.717) is 18.7 Å². The van der Waals surface area contributed by atoms with Crippen molar-refractivity contribution in [3.05, 3.63) is 23.8 Å². The van der Waals surface area contributed by atoms with E-state index in [1.165, 1.54) is 30.2 Å². The van der Waals surface area contributed by atoms with E-state index in [-0.39, 0.29) is 29.9 Å². The Labute approximate surface area is 111 Å². The number of aromatic hydroxyl groups is 1. The minimum Gasteiger partial charge on any atom is -0.504 e. The summed E-state index contributed by atoms with van der Waals surface area (Å²) in [5, 5.41) is 9.49. The number of benzene rings is 1. The molecule has 0 unspecified atom stereocenters. The number of rotatable bonds is 2. The Hall–Kier alpha value is -2.24. The predicted molar refractivity (Wildman–Crippen MR) is 68.2 cm³/mol. The first kappa shape index (κ1) is 13.2. The van der Waals surface area contributed by atoms with Gasteiger partial charge in [0.2, 0.25) is 5.91 Å². The van der Waals surface area contributed by atoms with Crippen LogP contribution in [0.1, 0.15) is 10.4 Å². The van der Waals surface area contributed by atoms with Crippen molar-refractivity contribution in [3.8, 4) is 11.5 Å². The molecule has 1 aliphatic rings. The molecular formula is C13H16N2O4. The average Bonchev–Trinajstić information content (AvgIpc) is 2.41. The second-order valence-electron chi connectivity index (χ2n) is 4.43. The molecule has 2 amide bonds. The molecule has 19 heavy (non-hydrogen) atoms. The topological polar surface area (TPSA) is 70.1 Å². The summed E-state index contributed by atoms with van der Waals surface area (Å²) in [4.78, 5) is 26.9. The van der Waals surface area contributed by atoms with E-state index in [4.69, 9.17) is 4.74 Å². The summed E-state index contributed by atoms with van der Waals surface area (Å²) in [7, 11) is 3.14. The first-order valence-corrected chi connectivity index (χ1v) is 5.93. The number of piperazine rings is 1. The Kier molecular flexibility index (Phi) is 3.59. The lowest BCUT2D eigenvalue weighted by molar-refractivity contribution is -0.133.